The quantitative estimate of drug-likeness (QED) is 0.348. The van der Waals surface area contributed by atoms with Gasteiger partial charge in [-0.3, -0.25) is 0 Å². The van der Waals surface area contributed by atoms with Crippen LogP contribution in [0.5, 0.6) is 0 Å². The summed E-state index contributed by atoms with van der Waals surface area (Å²) in [7, 11) is 0. The second kappa shape index (κ2) is 6.35. The standard InChI is InChI=1S/C14H19F9/c1-2-3-4-5-6-7-8-9-10(15)11(16,17)13(20,21)14(22,23)12(10,18)19/h2-9H2,1H3. The van der Waals surface area contributed by atoms with Crippen LogP contribution in [0.4, 0.5) is 39.5 Å². The fourth-order valence-corrected chi connectivity index (χ4v) is 2.73. The zero-order chi connectivity index (χ0) is 18.2. The third-order valence-corrected chi connectivity index (χ3v) is 4.30. The highest BCUT2D eigenvalue weighted by Gasteiger charge is 2.99. The summed E-state index contributed by atoms with van der Waals surface area (Å²) in [5, 5.41) is 0. The monoisotopic (exact) mass is 358 g/mol. The Morgan fingerprint density at radius 2 is 0.826 bits per heavy atom. The summed E-state index contributed by atoms with van der Waals surface area (Å²) in [4.78, 5) is 0. The van der Waals surface area contributed by atoms with Crippen LogP contribution >= 0.6 is 0 Å². The average molecular weight is 358 g/mol. The Labute approximate surface area is 128 Å². The van der Waals surface area contributed by atoms with Crippen LogP contribution in [0.1, 0.15) is 58.3 Å². The Morgan fingerprint density at radius 1 is 0.478 bits per heavy atom. The highest BCUT2D eigenvalue weighted by atomic mass is 19.4. The van der Waals surface area contributed by atoms with E-state index in [-0.39, 0.29) is 6.42 Å². The molecule has 138 valence electrons. The number of hydrogen-bond acceptors (Lipinski definition) is 0. The Kier molecular flexibility index (Phi) is 5.64. The average Bonchev–Trinajstić information content (AvgIpc) is 2.48. The number of unbranched alkanes of at least 4 members (excludes halogenated alkanes) is 6. The van der Waals surface area contributed by atoms with E-state index in [0.29, 0.717) is 12.8 Å². The first-order valence-electron chi connectivity index (χ1n) is 7.51. The minimum absolute atomic E-state index is 0.0265. The molecule has 1 saturated carbocycles. The van der Waals surface area contributed by atoms with Gasteiger partial charge in [-0.05, 0) is 12.8 Å². The lowest BCUT2D eigenvalue weighted by atomic mass is 9.90. The fourth-order valence-electron chi connectivity index (χ4n) is 2.73. The molecule has 0 aromatic rings. The van der Waals surface area contributed by atoms with Gasteiger partial charge in [-0.1, -0.05) is 45.4 Å². The summed E-state index contributed by atoms with van der Waals surface area (Å²) in [5.41, 5.74) is -5.27. The van der Waals surface area contributed by atoms with Crippen LogP contribution in [0.2, 0.25) is 0 Å². The first-order valence-corrected chi connectivity index (χ1v) is 7.51. The van der Waals surface area contributed by atoms with Gasteiger partial charge in [-0.2, -0.15) is 35.1 Å². The van der Waals surface area contributed by atoms with Gasteiger partial charge >= 0.3 is 23.7 Å². The molecule has 0 bridgehead atoms. The van der Waals surface area contributed by atoms with E-state index in [0.717, 1.165) is 19.3 Å². The van der Waals surface area contributed by atoms with Crippen molar-refractivity contribution >= 4 is 0 Å². The molecule has 0 heterocycles. The summed E-state index contributed by atoms with van der Waals surface area (Å²) < 4.78 is 119. The third-order valence-electron chi connectivity index (χ3n) is 4.30. The second-order valence-electron chi connectivity index (χ2n) is 5.97. The normalized spacial score (nSPS) is 26.3. The van der Waals surface area contributed by atoms with Crippen LogP contribution in [-0.2, 0) is 0 Å². The highest BCUT2D eigenvalue weighted by molar-refractivity contribution is 5.26. The zero-order valence-corrected chi connectivity index (χ0v) is 12.6. The van der Waals surface area contributed by atoms with Gasteiger partial charge in [0.2, 0.25) is 5.67 Å². The molecule has 0 N–H and O–H groups in total. The molecule has 0 saturated heterocycles. The molecule has 0 radical (unpaired) electrons. The summed E-state index contributed by atoms with van der Waals surface area (Å²) in [6.07, 6.45) is 1.37. The maximum absolute atomic E-state index is 14.0. The van der Waals surface area contributed by atoms with E-state index in [2.05, 4.69) is 0 Å². The van der Waals surface area contributed by atoms with Crippen molar-refractivity contribution < 1.29 is 39.5 Å². The van der Waals surface area contributed by atoms with Crippen molar-refractivity contribution in [3.8, 4) is 0 Å². The maximum atomic E-state index is 14.0. The number of rotatable bonds is 8. The smallest absolute Gasteiger partial charge is 0.230 e. The van der Waals surface area contributed by atoms with Gasteiger partial charge in [0.25, 0.3) is 0 Å². The molecule has 1 aliphatic carbocycles. The molecule has 0 aliphatic heterocycles. The van der Waals surface area contributed by atoms with E-state index in [9.17, 15) is 39.5 Å². The van der Waals surface area contributed by atoms with Crippen molar-refractivity contribution in [1.29, 1.82) is 0 Å². The van der Waals surface area contributed by atoms with Crippen LogP contribution in [0.25, 0.3) is 0 Å². The van der Waals surface area contributed by atoms with Crippen LogP contribution < -0.4 is 0 Å². The predicted octanol–water partition coefficient (Wildman–Crippen LogP) is 6.39. The summed E-state index contributed by atoms with van der Waals surface area (Å²) in [6, 6.07) is 0. The second-order valence-corrected chi connectivity index (χ2v) is 5.97. The van der Waals surface area contributed by atoms with Crippen molar-refractivity contribution in [2.24, 2.45) is 0 Å². The largest absolute Gasteiger partial charge is 0.381 e. The van der Waals surface area contributed by atoms with E-state index < -0.39 is 42.2 Å². The van der Waals surface area contributed by atoms with Crippen LogP contribution in [0.15, 0.2) is 0 Å². The Morgan fingerprint density at radius 3 is 1.22 bits per heavy atom. The topological polar surface area (TPSA) is 0 Å². The molecule has 1 rings (SSSR count). The number of hydrogen-bond donors (Lipinski definition) is 0. The van der Waals surface area contributed by atoms with Crippen LogP contribution in [-0.4, -0.2) is 29.4 Å². The first kappa shape index (κ1) is 20.4. The molecule has 0 nitrogen and oxygen atoms in total. The molecule has 0 unspecified atom stereocenters. The van der Waals surface area contributed by atoms with Crippen molar-refractivity contribution in [3.05, 3.63) is 0 Å². The van der Waals surface area contributed by atoms with E-state index in [1.54, 1.807) is 0 Å². The van der Waals surface area contributed by atoms with Crippen molar-refractivity contribution in [3.63, 3.8) is 0 Å². The van der Waals surface area contributed by atoms with Crippen molar-refractivity contribution in [1.82, 2.24) is 0 Å². The van der Waals surface area contributed by atoms with Gasteiger partial charge in [-0.15, -0.1) is 0 Å². The summed E-state index contributed by atoms with van der Waals surface area (Å²) in [5.74, 6) is -25.2. The molecule has 1 fully saturated rings. The minimum Gasteiger partial charge on any atom is -0.230 e. The molecule has 0 spiro atoms. The zero-order valence-electron chi connectivity index (χ0n) is 12.6. The van der Waals surface area contributed by atoms with Gasteiger partial charge in [0.1, 0.15) is 0 Å². The van der Waals surface area contributed by atoms with Gasteiger partial charge in [-0.25, -0.2) is 4.39 Å². The summed E-state index contributed by atoms with van der Waals surface area (Å²) in [6.45, 7) is 1.94. The van der Waals surface area contributed by atoms with E-state index in [1.807, 2.05) is 6.92 Å². The SMILES string of the molecule is CCCCCCCCCC1(F)C(F)(F)C(F)(F)C(F)(F)C1(F)F. The maximum Gasteiger partial charge on any atom is 0.381 e. The first-order chi connectivity index (χ1) is 10.3. The minimum atomic E-state index is -6.45. The predicted molar refractivity (Wildman–Crippen MR) is 66.2 cm³/mol. The lowest BCUT2D eigenvalue weighted by Gasteiger charge is -2.30. The van der Waals surface area contributed by atoms with Crippen molar-refractivity contribution in [2.45, 2.75) is 87.6 Å². The molecular weight excluding hydrogens is 339 g/mol. The lowest BCUT2D eigenvalue weighted by Crippen LogP contribution is -2.54. The van der Waals surface area contributed by atoms with Gasteiger partial charge in [0.15, 0.2) is 0 Å². The molecule has 0 amide bonds. The fraction of sp³-hybridized carbons (Fsp3) is 1.00. The van der Waals surface area contributed by atoms with E-state index in [1.165, 1.54) is 0 Å². The molecule has 0 aromatic heterocycles. The van der Waals surface area contributed by atoms with Gasteiger partial charge < -0.3 is 0 Å². The lowest BCUT2D eigenvalue weighted by molar-refractivity contribution is -0.303. The highest BCUT2D eigenvalue weighted by Crippen LogP contribution is 2.70. The molecule has 1 aliphatic rings. The molecule has 0 atom stereocenters. The number of halogens is 9. The number of alkyl halides is 9. The Balaban J connectivity index is 2.79. The molecular formula is C14H19F9. The molecule has 9 heteroatoms. The third kappa shape index (κ3) is 2.71. The van der Waals surface area contributed by atoms with Crippen LogP contribution in [0.3, 0.4) is 0 Å². The van der Waals surface area contributed by atoms with Gasteiger partial charge in [0, 0.05) is 0 Å². The Hall–Kier alpha value is -0.630. The van der Waals surface area contributed by atoms with E-state index >= 15 is 0 Å². The molecule has 0 aromatic carbocycles. The summed E-state index contributed by atoms with van der Waals surface area (Å²) >= 11 is 0. The van der Waals surface area contributed by atoms with Crippen LogP contribution in [0, 0.1) is 0 Å². The molecule has 23 heavy (non-hydrogen) atoms. The van der Waals surface area contributed by atoms with E-state index in [4.69, 9.17) is 0 Å². The van der Waals surface area contributed by atoms with Gasteiger partial charge in [0.05, 0.1) is 0 Å². The van der Waals surface area contributed by atoms with Crippen molar-refractivity contribution in [2.75, 3.05) is 0 Å². The Bertz CT molecular complexity index is 377.